The van der Waals surface area contributed by atoms with E-state index in [4.69, 9.17) is 5.84 Å². The van der Waals surface area contributed by atoms with Gasteiger partial charge in [0, 0.05) is 12.4 Å². The fourth-order valence-corrected chi connectivity index (χ4v) is 0.370. The molecule has 0 aromatic heterocycles. The molecular formula is C4H7N3. The molecule has 0 saturated carbocycles. The van der Waals surface area contributed by atoms with Crippen LogP contribution in [0.5, 0.6) is 0 Å². The lowest BCUT2D eigenvalue weighted by Gasteiger charge is -2.13. The maximum atomic E-state index is 5.22. The molecule has 1 heterocycles. The third kappa shape index (κ3) is 0.940. The smallest absolute Gasteiger partial charge is 0.0393 e. The maximum Gasteiger partial charge on any atom is 0.0393 e. The molecule has 38 valence electrons. The van der Waals surface area contributed by atoms with Crippen molar-refractivity contribution in [2.45, 2.75) is 0 Å². The van der Waals surface area contributed by atoms with E-state index in [0.29, 0.717) is 0 Å². The van der Waals surface area contributed by atoms with E-state index in [9.17, 15) is 0 Å². The zero-order valence-corrected chi connectivity index (χ0v) is 3.83. The van der Waals surface area contributed by atoms with E-state index < -0.39 is 0 Å². The van der Waals surface area contributed by atoms with Crippen LogP contribution in [0, 0.1) is 0 Å². The predicted molar refractivity (Wildman–Crippen MR) is 27.4 cm³/mol. The summed E-state index contributed by atoms with van der Waals surface area (Å²) in [7, 11) is 0. The maximum absolute atomic E-state index is 5.22. The SMILES string of the molecule is NN1C=CC=CN1. The Morgan fingerprint density at radius 2 is 2.29 bits per heavy atom. The van der Waals surface area contributed by atoms with Gasteiger partial charge in [-0.1, -0.05) is 0 Å². The van der Waals surface area contributed by atoms with Gasteiger partial charge in [-0.05, 0) is 12.2 Å². The van der Waals surface area contributed by atoms with Crippen LogP contribution in [0.15, 0.2) is 24.6 Å². The first kappa shape index (κ1) is 4.21. The molecule has 0 bridgehead atoms. The normalized spacial score (nSPS) is 17.0. The third-order valence-corrected chi connectivity index (χ3v) is 0.678. The Balaban J connectivity index is 2.49. The molecule has 3 nitrogen and oxygen atoms in total. The summed E-state index contributed by atoms with van der Waals surface area (Å²) in [5, 5.41) is 1.38. The number of nitrogens with two attached hydrogens (primary N) is 1. The molecule has 0 unspecified atom stereocenters. The lowest BCUT2D eigenvalue weighted by Crippen LogP contribution is -2.36. The number of allylic oxidation sites excluding steroid dienone is 2. The van der Waals surface area contributed by atoms with Gasteiger partial charge in [0.25, 0.3) is 0 Å². The predicted octanol–water partition coefficient (Wildman–Crippen LogP) is -0.292. The fraction of sp³-hybridized carbons (Fsp3) is 0. The summed E-state index contributed by atoms with van der Waals surface area (Å²) >= 11 is 0. The van der Waals surface area contributed by atoms with Gasteiger partial charge >= 0.3 is 0 Å². The molecule has 1 aliphatic heterocycles. The quantitative estimate of drug-likeness (QED) is 0.408. The molecular weight excluding hydrogens is 90.1 g/mol. The summed E-state index contributed by atoms with van der Waals surface area (Å²) in [5.41, 5.74) is 2.73. The van der Waals surface area contributed by atoms with E-state index in [2.05, 4.69) is 5.43 Å². The van der Waals surface area contributed by atoms with Crippen molar-refractivity contribution >= 4 is 0 Å². The Labute approximate surface area is 42.0 Å². The van der Waals surface area contributed by atoms with E-state index in [-0.39, 0.29) is 0 Å². The van der Waals surface area contributed by atoms with Gasteiger partial charge in [-0.15, -0.1) is 0 Å². The Kier molecular flexibility index (Phi) is 0.997. The summed E-state index contributed by atoms with van der Waals surface area (Å²) in [6.45, 7) is 0. The number of hydrogen-bond acceptors (Lipinski definition) is 3. The molecule has 0 atom stereocenters. The van der Waals surface area contributed by atoms with Crippen LogP contribution in [0.4, 0.5) is 0 Å². The largest absolute Gasteiger partial charge is 0.292 e. The van der Waals surface area contributed by atoms with Crippen LogP contribution in [0.2, 0.25) is 0 Å². The van der Waals surface area contributed by atoms with Crippen LogP contribution in [-0.2, 0) is 0 Å². The summed E-state index contributed by atoms with van der Waals surface area (Å²) in [6, 6.07) is 0. The molecule has 0 spiro atoms. The van der Waals surface area contributed by atoms with E-state index in [1.165, 1.54) is 5.12 Å². The molecule has 1 aliphatic rings. The van der Waals surface area contributed by atoms with Crippen LogP contribution in [0.3, 0.4) is 0 Å². The van der Waals surface area contributed by atoms with E-state index in [1.807, 2.05) is 12.2 Å². The van der Waals surface area contributed by atoms with Gasteiger partial charge in [-0.25, -0.2) is 11.0 Å². The van der Waals surface area contributed by atoms with E-state index in [0.717, 1.165) is 0 Å². The van der Waals surface area contributed by atoms with Crippen LogP contribution < -0.4 is 11.3 Å². The summed E-state index contributed by atoms with van der Waals surface area (Å²) in [6.07, 6.45) is 7.18. The first-order valence-electron chi connectivity index (χ1n) is 2.03. The second-order valence-corrected chi connectivity index (χ2v) is 1.24. The summed E-state index contributed by atoms with van der Waals surface area (Å²) in [4.78, 5) is 0. The van der Waals surface area contributed by atoms with Crippen LogP contribution in [0.25, 0.3) is 0 Å². The Morgan fingerprint density at radius 1 is 1.43 bits per heavy atom. The minimum Gasteiger partial charge on any atom is -0.292 e. The number of nitrogens with one attached hydrogen (secondary N) is 1. The first-order chi connectivity index (χ1) is 3.39. The minimum absolute atomic E-state index is 1.38. The van der Waals surface area contributed by atoms with E-state index >= 15 is 0 Å². The molecule has 0 fully saturated rings. The minimum atomic E-state index is 1.38. The number of hydrogen-bond donors (Lipinski definition) is 2. The second kappa shape index (κ2) is 1.66. The lowest BCUT2D eigenvalue weighted by atomic mass is 10.5. The van der Waals surface area contributed by atoms with Gasteiger partial charge < -0.3 is 0 Å². The highest BCUT2D eigenvalue weighted by molar-refractivity contribution is 5.03. The Morgan fingerprint density at radius 3 is 2.57 bits per heavy atom. The molecule has 0 aromatic carbocycles. The summed E-state index contributed by atoms with van der Waals surface area (Å²) in [5.74, 6) is 5.22. The molecule has 7 heavy (non-hydrogen) atoms. The van der Waals surface area contributed by atoms with Crippen molar-refractivity contribution in [1.29, 1.82) is 0 Å². The molecule has 0 radical (unpaired) electrons. The van der Waals surface area contributed by atoms with Crippen molar-refractivity contribution in [3.05, 3.63) is 24.6 Å². The second-order valence-electron chi connectivity index (χ2n) is 1.24. The highest BCUT2D eigenvalue weighted by Crippen LogP contribution is 1.82. The number of rotatable bonds is 0. The average Bonchev–Trinajstić information content (AvgIpc) is 1.69. The van der Waals surface area contributed by atoms with Crippen molar-refractivity contribution in [2.24, 2.45) is 5.84 Å². The number of hydrazine groups is 2. The molecule has 0 saturated heterocycles. The zero-order valence-electron chi connectivity index (χ0n) is 3.83. The highest BCUT2D eigenvalue weighted by Gasteiger charge is 1.83. The van der Waals surface area contributed by atoms with Crippen molar-refractivity contribution in [3.63, 3.8) is 0 Å². The van der Waals surface area contributed by atoms with Crippen molar-refractivity contribution in [3.8, 4) is 0 Å². The first-order valence-corrected chi connectivity index (χ1v) is 2.03. The van der Waals surface area contributed by atoms with Gasteiger partial charge in [0.1, 0.15) is 0 Å². The topological polar surface area (TPSA) is 41.3 Å². The van der Waals surface area contributed by atoms with Crippen LogP contribution in [-0.4, -0.2) is 5.12 Å². The van der Waals surface area contributed by atoms with Gasteiger partial charge in [0.2, 0.25) is 0 Å². The van der Waals surface area contributed by atoms with Crippen molar-refractivity contribution < 1.29 is 0 Å². The van der Waals surface area contributed by atoms with E-state index in [1.54, 1.807) is 12.4 Å². The molecule has 0 aromatic rings. The van der Waals surface area contributed by atoms with Gasteiger partial charge in [-0.3, -0.25) is 5.43 Å². The Bertz CT molecular complexity index is 106. The highest BCUT2D eigenvalue weighted by atomic mass is 15.6. The van der Waals surface area contributed by atoms with Gasteiger partial charge in [0.05, 0.1) is 0 Å². The Hall–Kier alpha value is -0.960. The zero-order chi connectivity index (χ0) is 5.11. The lowest BCUT2D eigenvalue weighted by molar-refractivity contribution is 0.325. The standard InChI is InChI=1S/C4H7N3/c5-7-4-2-1-3-6-7/h1-4,6H,5H2. The summed E-state index contributed by atoms with van der Waals surface area (Å²) < 4.78 is 0. The van der Waals surface area contributed by atoms with Gasteiger partial charge in [0.15, 0.2) is 0 Å². The van der Waals surface area contributed by atoms with Crippen LogP contribution in [0.1, 0.15) is 0 Å². The van der Waals surface area contributed by atoms with Crippen LogP contribution >= 0.6 is 0 Å². The number of nitrogens with zero attached hydrogens (tertiary/aromatic N) is 1. The van der Waals surface area contributed by atoms with Crippen molar-refractivity contribution in [2.75, 3.05) is 0 Å². The molecule has 0 amide bonds. The molecule has 3 N–H and O–H groups in total. The van der Waals surface area contributed by atoms with Gasteiger partial charge in [-0.2, -0.15) is 0 Å². The molecule has 0 aliphatic carbocycles. The fourth-order valence-electron chi connectivity index (χ4n) is 0.370. The average molecular weight is 97.1 g/mol. The molecule has 1 rings (SSSR count). The molecule has 3 heteroatoms. The third-order valence-electron chi connectivity index (χ3n) is 0.678. The monoisotopic (exact) mass is 97.1 g/mol. The van der Waals surface area contributed by atoms with Crippen molar-refractivity contribution in [1.82, 2.24) is 10.5 Å².